The minimum absolute atomic E-state index is 0.0484. The highest BCUT2D eigenvalue weighted by atomic mass is 32.2. The monoisotopic (exact) mass is 434 g/mol. The fraction of sp³-hybridized carbons (Fsp3) is 0.708. The molecule has 1 atom stereocenters. The molecule has 0 N–H and O–H groups in total. The molecule has 1 amide bonds. The predicted molar refractivity (Wildman–Crippen MR) is 123 cm³/mol. The topological polar surface area (TPSA) is 57.7 Å². The van der Waals surface area contributed by atoms with Crippen molar-refractivity contribution in [1.29, 1.82) is 0 Å². The van der Waals surface area contributed by atoms with E-state index in [0.29, 0.717) is 13.0 Å². The molecule has 3 rings (SSSR count). The van der Waals surface area contributed by atoms with E-state index in [0.717, 1.165) is 42.9 Å². The van der Waals surface area contributed by atoms with E-state index in [4.69, 9.17) is 0 Å². The lowest BCUT2D eigenvalue weighted by Crippen LogP contribution is -2.44. The summed E-state index contributed by atoms with van der Waals surface area (Å²) in [4.78, 5) is 17.5. The molecule has 2 fully saturated rings. The Hall–Kier alpha value is -1.56. The summed E-state index contributed by atoms with van der Waals surface area (Å²) in [5.41, 5.74) is 2.18. The number of nitrogens with zero attached hydrogens (tertiary/aromatic N) is 2. The number of hydrogen-bond acceptors (Lipinski definition) is 4. The molecule has 1 saturated heterocycles. The van der Waals surface area contributed by atoms with E-state index < -0.39 is 9.84 Å². The van der Waals surface area contributed by atoms with Gasteiger partial charge in [0.25, 0.3) is 0 Å². The van der Waals surface area contributed by atoms with Crippen LogP contribution in [-0.4, -0.2) is 50.9 Å². The number of benzene rings is 1. The van der Waals surface area contributed by atoms with Crippen molar-refractivity contribution < 1.29 is 13.2 Å². The van der Waals surface area contributed by atoms with Crippen molar-refractivity contribution in [3.63, 3.8) is 0 Å². The van der Waals surface area contributed by atoms with Gasteiger partial charge in [0, 0.05) is 38.3 Å². The first kappa shape index (κ1) is 23.1. The molecule has 0 radical (unpaired) electrons. The Morgan fingerprint density at radius 2 is 1.70 bits per heavy atom. The molecule has 1 aliphatic heterocycles. The number of sulfone groups is 1. The van der Waals surface area contributed by atoms with Crippen molar-refractivity contribution in [2.24, 2.45) is 11.8 Å². The number of rotatable bonds is 8. The highest BCUT2D eigenvalue weighted by Gasteiger charge is 2.38. The molecule has 6 heteroatoms. The number of unbranched alkanes of at least 4 members (excludes halogenated alkanes) is 1. The third kappa shape index (κ3) is 5.99. The Balaban J connectivity index is 1.70. The second-order valence-corrected chi connectivity index (χ2v) is 11.7. The molecule has 1 heterocycles. The first-order valence-corrected chi connectivity index (χ1v) is 13.4. The third-order valence-corrected chi connectivity index (χ3v) is 8.65. The van der Waals surface area contributed by atoms with Crippen LogP contribution in [0.25, 0.3) is 0 Å². The van der Waals surface area contributed by atoms with Gasteiger partial charge in [-0.05, 0) is 55.7 Å². The number of hydrogen-bond donors (Lipinski definition) is 0. The lowest BCUT2D eigenvalue weighted by Gasteiger charge is -2.35. The van der Waals surface area contributed by atoms with Crippen LogP contribution in [0.1, 0.15) is 63.9 Å². The Bertz CT molecular complexity index is 796. The van der Waals surface area contributed by atoms with Gasteiger partial charge in [-0.2, -0.15) is 0 Å². The second-order valence-electron chi connectivity index (χ2n) is 9.44. The van der Waals surface area contributed by atoms with Crippen LogP contribution in [0.2, 0.25) is 0 Å². The van der Waals surface area contributed by atoms with Crippen LogP contribution < -0.4 is 4.90 Å². The molecular weight excluding hydrogens is 396 g/mol. The van der Waals surface area contributed by atoms with Crippen molar-refractivity contribution in [3.8, 4) is 0 Å². The van der Waals surface area contributed by atoms with E-state index in [1.807, 2.05) is 23.9 Å². The molecular formula is C24H38N2O3S. The molecule has 1 aromatic rings. The first-order chi connectivity index (χ1) is 14.3. The van der Waals surface area contributed by atoms with Crippen molar-refractivity contribution >= 4 is 21.4 Å². The summed E-state index contributed by atoms with van der Waals surface area (Å²) in [5.74, 6) is 1.29. The zero-order valence-corrected chi connectivity index (χ0v) is 19.7. The van der Waals surface area contributed by atoms with Gasteiger partial charge in [0.2, 0.25) is 5.91 Å². The molecule has 0 bridgehead atoms. The fourth-order valence-corrected chi connectivity index (χ4v) is 6.66. The van der Waals surface area contributed by atoms with Crippen LogP contribution in [0, 0.1) is 11.8 Å². The summed E-state index contributed by atoms with van der Waals surface area (Å²) in [6.07, 6.45) is 8.50. The Kier molecular flexibility index (Phi) is 7.83. The van der Waals surface area contributed by atoms with Gasteiger partial charge in [0.1, 0.15) is 0 Å². The highest BCUT2D eigenvalue weighted by molar-refractivity contribution is 7.91. The standard InChI is InChI=1S/C24H38N2O3S/c1-4-5-6-19-7-11-21(12-8-19)24(27)26(23-15-16-30(28,29)18-23)17-20-9-13-22(14-10-20)25(2)3/h9-10,13-14,19,21,23H,4-8,11-12,15-18H2,1-3H3. The predicted octanol–water partition coefficient (Wildman–Crippen LogP) is 4.26. The lowest BCUT2D eigenvalue weighted by molar-refractivity contribution is -0.139. The van der Waals surface area contributed by atoms with Crippen LogP contribution >= 0.6 is 0 Å². The third-order valence-electron chi connectivity index (χ3n) is 6.90. The maximum atomic E-state index is 13.5. The van der Waals surface area contributed by atoms with Crippen LogP contribution in [0.5, 0.6) is 0 Å². The SMILES string of the molecule is CCCCC1CCC(C(=O)N(Cc2ccc(N(C)C)cc2)C2CCS(=O)(=O)C2)CC1. The quantitative estimate of drug-likeness (QED) is 0.613. The highest BCUT2D eigenvalue weighted by Crippen LogP contribution is 2.34. The average Bonchev–Trinajstić information content (AvgIpc) is 3.10. The number of amides is 1. The largest absolute Gasteiger partial charge is 0.378 e. The number of carbonyl (C=O) groups is 1. The zero-order chi connectivity index (χ0) is 21.7. The molecule has 0 aromatic heterocycles. The average molecular weight is 435 g/mol. The van der Waals surface area contributed by atoms with Crippen molar-refractivity contribution in [1.82, 2.24) is 4.90 Å². The minimum Gasteiger partial charge on any atom is -0.378 e. The lowest BCUT2D eigenvalue weighted by atomic mass is 9.79. The zero-order valence-electron chi connectivity index (χ0n) is 18.8. The van der Waals surface area contributed by atoms with Gasteiger partial charge in [-0.3, -0.25) is 4.79 Å². The Morgan fingerprint density at radius 1 is 1.03 bits per heavy atom. The molecule has 1 saturated carbocycles. The van der Waals surface area contributed by atoms with Crippen LogP contribution in [-0.2, 0) is 21.2 Å². The van der Waals surface area contributed by atoms with Crippen LogP contribution in [0.15, 0.2) is 24.3 Å². The summed E-state index contributed by atoms with van der Waals surface area (Å²) in [6.45, 7) is 2.73. The molecule has 0 spiro atoms. The van der Waals surface area contributed by atoms with Gasteiger partial charge in [-0.25, -0.2) is 8.42 Å². The summed E-state index contributed by atoms with van der Waals surface area (Å²) < 4.78 is 24.2. The summed E-state index contributed by atoms with van der Waals surface area (Å²) in [5, 5.41) is 0. The Labute approximate surface area is 182 Å². The minimum atomic E-state index is -3.03. The van der Waals surface area contributed by atoms with Gasteiger partial charge >= 0.3 is 0 Å². The van der Waals surface area contributed by atoms with Gasteiger partial charge in [0.15, 0.2) is 9.84 Å². The molecule has 5 nitrogen and oxygen atoms in total. The molecule has 2 aliphatic rings. The first-order valence-electron chi connectivity index (χ1n) is 11.6. The van der Waals surface area contributed by atoms with Gasteiger partial charge in [0.05, 0.1) is 11.5 Å². The molecule has 30 heavy (non-hydrogen) atoms. The number of anilines is 1. The summed E-state index contributed by atoms with van der Waals surface area (Å²) >= 11 is 0. The van der Waals surface area contributed by atoms with E-state index in [1.165, 1.54) is 19.3 Å². The van der Waals surface area contributed by atoms with Crippen LogP contribution in [0.3, 0.4) is 0 Å². The van der Waals surface area contributed by atoms with Gasteiger partial charge < -0.3 is 9.80 Å². The van der Waals surface area contributed by atoms with Crippen molar-refractivity contribution in [2.45, 2.75) is 70.9 Å². The number of carbonyl (C=O) groups excluding carboxylic acids is 1. The molecule has 1 aliphatic carbocycles. The Morgan fingerprint density at radius 3 is 2.23 bits per heavy atom. The second kappa shape index (κ2) is 10.2. The van der Waals surface area contributed by atoms with E-state index >= 15 is 0 Å². The van der Waals surface area contributed by atoms with Crippen molar-refractivity contribution in [3.05, 3.63) is 29.8 Å². The fourth-order valence-electron chi connectivity index (χ4n) is 4.93. The smallest absolute Gasteiger partial charge is 0.226 e. The van der Waals surface area contributed by atoms with E-state index in [1.54, 1.807) is 0 Å². The van der Waals surface area contributed by atoms with Gasteiger partial charge in [-0.1, -0.05) is 38.3 Å². The maximum Gasteiger partial charge on any atom is 0.226 e. The van der Waals surface area contributed by atoms with E-state index in [9.17, 15) is 13.2 Å². The van der Waals surface area contributed by atoms with Gasteiger partial charge in [-0.15, -0.1) is 0 Å². The van der Waals surface area contributed by atoms with Crippen LogP contribution in [0.4, 0.5) is 5.69 Å². The van der Waals surface area contributed by atoms with E-state index in [2.05, 4.69) is 31.2 Å². The molecule has 168 valence electrons. The van der Waals surface area contributed by atoms with Crippen molar-refractivity contribution in [2.75, 3.05) is 30.5 Å². The summed E-state index contributed by atoms with van der Waals surface area (Å²) in [6, 6.07) is 8.04. The maximum absolute atomic E-state index is 13.5. The molecule has 1 unspecified atom stereocenters. The molecule has 1 aromatic carbocycles. The van der Waals surface area contributed by atoms with E-state index in [-0.39, 0.29) is 29.4 Å². The normalized spacial score (nSPS) is 25.8. The summed E-state index contributed by atoms with van der Waals surface area (Å²) in [7, 11) is 0.975.